The van der Waals surface area contributed by atoms with E-state index in [1.807, 2.05) is 4.90 Å². The number of piperazine rings is 1. The Bertz CT molecular complexity index is 1050. The van der Waals surface area contributed by atoms with E-state index in [9.17, 15) is 28.4 Å². The largest absolute Gasteiger partial charge is 0.497 e. The Morgan fingerprint density at radius 3 is 2.22 bits per heavy atom. The van der Waals surface area contributed by atoms with Crippen LogP contribution in [0.1, 0.15) is 0 Å². The number of methoxy groups -OCH3 is 1. The van der Waals surface area contributed by atoms with Crippen LogP contribution in [-0.4, -0.2) is 75.2 Å². The number of non-ortho nitro benzene ring substituents is 1. The van der Waals surface area contributed by atoms with Gasteiger partial charge in [-0.1, -0.05) is 0 Å². The van der Waals surface area contributed by atoms with Crippen LogP contribution in [0.2, 0.25) is 0 Å². The van der Waals surface area contributed by atoms with E-state index in [4.69, 9.17) is 4.74 Å². The molecule has 1 saturated heterocycles. The molecule has 0 aromatic heterocycles. The van der Waals surface area contributed by atoms with Crippen LogP contribution in [0, 0.1) is 10.1 Å². The lowest BCUT2D eigenvalue weighted by Crippen LogP contribution is -2.56. The molecule has 0 bridgehead atoms. The summed E-state index contributed by atoms with van der Waals surface area (Å²) in [4.78, 5) is 26.6. The van der Waals surface area contributed by atoms with Gasteiger partial charge in [0.25, 0.3) is 5.69 Å². The number of rotatable bonds is 8. The second kappa shape index (κ2) is 9.94. The van der Waals surface area contributed by atoms with Gasteiger partial charge in [-0.15, -0.1) is 0 Å². The number of amides is 1. The Morgan fingerprint density at radius 2 is 1.72 bits per heavy atom. The van der Waals surface area contributed by atoms with E-state index in [1.165, 1.54) is 48.4 Å². The summed E-state index contributed by atoms with van der Waals surface area (Å²) in [6.07, 6.45) is 0. The number of nitro groups is 1. The van der Waals surface area contributed by atoms with Crippen LogP contribution < -0.4 is 14.4 Å². The molecule has 0 aliphatic carbocycles. The molecule has 1 amide bonds. The average molecular weight is 465 g/mol. The van der Waals surface area contributed by atoms with Crippen molar-refractivity contribution in [3.63, 3.8) is 0 Å². The van der Waals surface area contributed by atoms with Gasteiger partial charge < -0.3 is 19.6 Å². The zero-order valence-corrected chi connectivity index (χ0v) is 18.2. The van der Waals surface area contributed by atoms with Crippen molar-refractivity contribution >= 4 is 27.3 Å². The number of hydrogen-bond donors (Lipinski definition) is 2. The molecule has 2 aromatic carbocycles. The van der Waals surface area contributed by atoms with Crippen molar-refractivity contribution in [3.8, 4) is 5.75 Å². The summed E-state index contributed by atoms with van der Waals surface area (Å²) in [5.74, 6) is -0.0300. The standard InChI is InChI=1S/C20H24N4O7S/c1-31-17-6-8-18(9-7-17)32(29,30)21-19(14-25)20(26)23-12-10-22(11-13-23)15-2-4-16(5-3-15)24(27)28/h2-9,19,21,25H,10-14H2,1H3/t19-/m0/s1. The predicted molar refractivity (Wildman–Crippen MR) is 116 cm³/mol. The van der Waals surface area contributed by atoms with Crippen molar-refractivity contribution in [1.82, 2.24) is 9.62 Å². The second-order valence-electron chi connectivity index (χ2n) is 7.12. The summed E-state index contributed by atoms with van der Waals surface area (Å²) in [5, 5.41) is 20.5. The minimum atomic E-state index is -4.02. The van der Waals surface area contributed by atoms with E-state index < -0.39 is 33.5 Å². The first-order valence-corrected chi connectivity index (χ1v) is 11.3. The number of nitro benzene ring substituents is 1. The first-order valence-electron chi connectivity index (χ1n) is 9.80. The number of benzene rings is 2. The molecule has 0 spiro atoms. The number of aliphatic hydroxyl groups is 1. The van der Waals surface area contributed by atoms with Gasteiger partial charge >= 0.3 is 0 Å². The zero-order valence-electron chi connectivity index (χ0n) is 17.4. The van der Waals surface area contributed by atoms with Crippen LogP contribution in [0.15, 0.2) is 53.4 Å². The van der Waals surface area contributed by atoms with Crippen molar-refractivity contribution in [2.75, 3.05) is 44.8 Å². The minimum Gasteiger partial charge on any atom is -0.497 e. The van der Waals surface area contributed by atoms with Gasteiger partial charge in [0.15, 0.2) is 0 Å². The number of aliphatic hydroxyl groups excluding tert-OH is 1. The highest BCUT2D eigenvalue weighted by atomic mass is 32.2. The van der Waals surface area contributed by atoms with E-state index in [0.717, 1.165) is 5.69 Å². The lowest BCUT2D eigenvalue weighted by atomic mass is 10.2. The fourth-order valence-electron chi connectivity index (χ4n) is 3.37. The lowest BCUT2D eigenvalue weighted by molar-refractivity contribution is -0.384. The first kappa shape index (κ1) is 23.4. The minimum absolute atomic E-state index is 0.00232. The second-order valence-corrected chi connectivity index (χ2v) is 8.83. The number of anilines is 1. The van der Waals surface area contributed by atoms with E-state index in [1.54, 1.807) is 12.1 Å². The van der Waals surface area contributed by atoms with E-state index in [0.29, 0.717) is 31.9 Å². The quantitative estimate of drug-likeness (QED) is 0.427. The number of hydrogen-bond acceptors (Lipinski definition) is 8. The maximum absolute atomic E-state index is 12.8. The van der Waals surface area contributed by atoms with Crippen molar-refractivity contribution in [2.24, 2.45) is 0 Å². The molecule has 1 heterocycles. The molecule has 0 radical (unpaired) electrons. The molecule has 2 aromatic rings. The third-order valence-electron chi connectivity index (χ3n) is 5.16. The Morgan fingerprint density at radius 1 is 1.12 bits per heavy atom. The maximum atomic E-state index is 12.8. The Kier molecular flexibility index (Phi) is 7.28. The number of carbonyl (C=O) groups excluding carboxylic acids is 1. The maximum Gasteiger partial charge on any atom is 0.269 e. The molecule has 1 aliphatic rings. The Labute approximate surface area is 185 Å². The van der Waals surface area contributed by atoms with Crippen molar-refractivity contribution in [2.45, 2.75) is 10.9 Å². The molecule has 32 heavy (non-hydrogen) atoms. The summed E-state index contributed by atoms with van der Waals surface area (Å²) in [7, 11) is -2.56. The van der Waals surface area contributed by atoms with Gasteiger partial charge in [-0.2, -0.15) is 4.72 Å². The van der Waals surface area contributed by atoms with Gasteiger partial charge in [0.1, 0.15) is 11.8 Å². The molecule has 0 saturated carbocycles. The van der Waals surface area contributed by atoms with Crippen LogP contribution in [-0.2, 0) is 14.8 Å². The fraction of sp³-hybridized carbons (Fsp3) is 0.350. The molecular weight excluding hydrogens is 440 g/mol. The van der Waals surface area contributed by atoms with Crippen LogP contribution in [0.25, 0.3) is 0 Å². The molecule has 172 valence electrons. The van der Waals surface area contributed by atoms with Crippen LogP contribution in [0.3, 0.4) is 0 Å². The highest BCUT2D eigenvalue weighted by Gasteiger charge is 2.31. The number of sulfonamides is 1. The summed E-state index contributed by atoms with van der Waals surface area (Å²) in [5.41, 5.74) is 0.791. The Hall–Kier alpha value is -3.22. The van der Waals surface area contributed by atoms with Gasteiger partial charge in [-0.25, -0.2) is 8.42 Å². The zero-order chi connectivity index (χ0) is 23.3. The molecule has 1 fully saturated rings. The van der Waals surface area contributed by atoms with Crippen molar-refractivity contribution < 1.29 is 28.0 Å². The number of nitrogens with one attached hydrogen (secondary N) is 1. The molecule has 12 heteroatoms. The predicted octanol–water partition coefficient (Wildman–Crippen LogP) is 0.591. The topological polar surface area (TPSA) is 142 Å². The molecule has 0 unspecified atom stereocenters. The summed E-state index contributed by atoms with van der Waals surface area (Å²) in [6, 6.07) is 10.5. The molecular formula is C20H24N4O7S. The average Bonchev–Trinajstić information content (AvgIpc) is 2.82. The SMILES string of the molecule is COc1ccc(S(=O)(=O)N[C@@H](CO)C(=O)N2CCN(c3ccc([N+](=O)[O-])cc3)CC2)cc1. The Balaban J connectivity index is 1.61. The normalized spacial score (nSPS) is 15.3. The summed E-state index contributed by atoms with van der Waals surface area (Å²) in [6.45, 7) is 0.879. The lowest BCUT2D eigenvalue weighted by Gasteiger charge is -2.37. The number of nitrogens with zero attached hydrogens (tertiary/aromatic N) is 3. The highest BCUT2D eigenvalue weighted by molar-refractivity contribution is 7.89. The van der Waals surface area contributed by atoms with Gasteiger partial charge in [-0.3, -0.25) is 14.9 Å². The fourth-order valence-corrected chi connectivity index (χ4v) is 4.55. The molecule has 2 N–H and O–H groups in total. The molecule has 11 nitrogen and oxygen atoms in total. The van der Waals surface area contributed by atoms with Crippen LogP contribution in [0.4, 0.5) is 11.4 Å². The smallest absolute Gasteiger partial charge is 0.269 e. The summed E-state index contributed by atoms with van der Waals surface area (Å²) < 4.78 is 32.5. The summed E-state index contributed by atoms with van der Waals surface area (Å²) >= 11 is 0. The van der Waals surface area contributed by atoms with Gasteiger partial charge in [0.05, 0.1) is 23.5 Å². The molecule has 1 aliphatic heterocycles. The van der Waals surface area contributed by atoms with Gasteiger partial charge in [-0.05, 0) is 36.4 Å². The number of carbonyl (C=O) groups is 1. The highest BCUT2D eigenvalue weighted by Crippen LogP contribution is 2.21. The third-order valence-corrected chi connectivity index (χ3v) is 6.65. The van der Waals surface area contributed by atoms with Crippen molar-refractivity contribution in [1.29, 1.82) is 0 Å². The van der Waals surface area contributed by atoms with Gasteiger partial charge in [0, 0.05) is 44.0 Å². The molecule has 1 atom stereocenters. The van der Waals surface area contributed by atoms with Crippen LogP contribution >= 0.6 is 0 Å². The van der Waals surface area contributed by atoms with E-state index in [-0.39, 0.29) is 10.6 Å². The number of ether oxygens (including phenoxy) is 1. The van der Waals surface area contributed by atoms with Crippen molar-refractivity contribution in [3.05, 3.63) is 58.6 Å². The molecule has 3 rings (SSSR count). The third kappa shape index (κ3) is 5.33. The van der Waals surface area contributed by atoms with E-state index in [2.05, 4.69) is 4.72 Å². The van der Waals surface area contributed by atoms with Gasteiger partial charge in [0.2, 0.25) is 15.9 Å². The first-order chi connectivity index (χ1) is 15.2. The van der Waals surface area contributed by atoms with E-state index >= 15 is 0 Å². The monoisotopic (exact) mass is 464 g/mol. The van der Waals surface area contributed by atoms with Crippen LogP contribution in [0.5, 0.6) is 5.75 Å².